The molecule has 188 valence electrons. The van der Waals surface area contributed by atoms with Crippen LogP contribution in [0.2, 0.25) is 0 Å². The first-order valence-electron chi connectivity index (χ1n) is 10.9. The largest absolute Gasteiger partial charge is 0.485 e. The van der Waals surface area contributed by atoms with E-state index in [9.17, 15) is 26.8 Å². The van der Waals surface area contributed by atoms with Crippen LogP contribution in [-0.2, 0) is 19.6 Å². The number of rotatable bonds is 7. The lowest BCUT2D eigenvalue weighted by atomic mass is 10.1. The van der Waals surface area contributed by atoms with Gasteiger partial charge >= 0.3 is 5.97 Å². The van der Waals surface area contributed by atoms with Gasteiger partial charge in [-0.2, -0.15) is 0 Å². The van der Waals surface area contributed by atoms with Crippen molar-refractivity contribution in [2.75, 3.05) is 18.4 Å². The maximum absolute atomic E-state index is 14.0. The van der Waals surface area contributed by atoms with Crippen molar-refractivity contribution in [1.29, 1.82) is 0 Å². The monoisotopic (exact) mass is 516 g/mol. The molecule has 1 aliphatic rings. The number of hydrogen-bond acceptors (Lipinski definition) is 6. The van der Waals surface area contributed by atoms with Crippen LogP contribution < -0.4 is 9.46 Å². The summed E-state index contributed by atoms with van der Waals surface area (Å²) in [4.78, 5) is 26.3. The van der Waals surface area contributed by atoms with Gasteiger partial charge < -0.3 is 14.4 Å². The van der Waals surface area contributed by atoms with Gasteiger partial charge in [0.15, 0.2) is 11.6 Å². The highest BCUT2D eigenvalue weighted by atomic mass is 32.2. The molecule has 4 rings (SSSR count). The Balaban J connectivity index is 1.50. The molecule has 1 aliphatic heterocycles. The Hall–Kier alpha value is -3.99. The second-order valence-corrected chi connectivity index (χ2v) is 9.67. The highest BCUT2D eigenvalue weighted by Gasteiger charge is 2.42. The molecule has 0 saturated carbocycles. The number of amides is 1. The molecule has 1 saturated heterocycles. The topological polar surface area (TPSA) is 102 Å². The number of ether oxygens (including phenoxy) is 2. The summed E-state index contributed by atoms with van der Waals surface area (Å²) in [5, 5.41) is 0. The lowest BCUT2D eigenvalue weighted by molar-refractivity contribution is -0.145. The third-order valence-corrected chi connectivity index (χ3v) is 7.05. The average molecular weight is 517 g/mol. The average Bonchev–Trinajstić information content (AvgIpc) is 3.29. The first-order chi connectivity index (χ1) is 17.2. The minimum atomic E-state index is -4.19. The van der Waals surface area contributed by atoms with E-state index in [1.807, 2.05) is 0 Å². The number of methoxy groups -OCH3 is 1. The molecule has 3 aromatic carbocycles. The van der Waals surface area contributed by atoms with Crippen LogP contribution in [0.5, 0.6) is 5.75 Å². The molecule has 2 atom stereocenters. The molecule has 0 spiro atoms. The van der Waals surface area contributed by atoms with Crippen molar-refractivity contribution in [2.45, 2.75) is 23.5 Å². The van der Waals surface area contributed by atoms with E-state index in [0.717, 1.165) is 12.1 Å². The quantitative estimate of drug-likeness (QED) is 0.482. The molecule has 8 nitrogen and oxygen atoms in total. The van der Waals surface area contributed by atoms with Crippen molar-refractivity contribution < 1.29 is 36.3 Å². The molecular weight excluding hydrogens is 494 g/mol. The van der Waals surface area contributed by atoms with E-state index < -0.39 is 50.6 Å². The number of sulfonamides is 1. The zero-order valence-electron chi connectivity index (χ0n) is 19.1. The molecule has 1 fully saturated rings. The molecule has 0 aliphatic carbocycles. The van der Waals surface area contributed by atoms with Crippen molar-refractivity contribution in [3.8, 4) is 5.75 Å². The summed E-state index contributed by atoms with van der Waals surface area (Å²) in [7, 11) is -2.98. The van der Waals surface area contributed by atoms with E-state index in [2.05, 4.69) is 4.72 Å². The highest BCUT2D eigenvalue weighted by Crippen LogP contribution is 2.27. The number of hydrogen-bond donors (Lipinski definition) is 1. The van der Waals surface area contributed by atoms with Gasteiger partial charge in [0.1, 0.15) is 22.9 Å². The predicted molar refractivity (Wildman–Crippen MR) is 126 cm³/mol. The normalized spacial score (nSPS) is 17.5. The Labute approximate surface area is 206 Å². The Morgan fingerprint density at radius 3 is 2.22 bits per heavy atom. The summed E-state index contributed by atoms with van der Waals surface area (Å²) >= 11 is 0. The number of para-hydroxylation sites is 1. The van der Waals surface area contributed by atoms with Gasteiger partial charge in [0.05, 0.1) is 13.7 Å². The first-order valence-corrected chi connectivity index (χ1v) is 12.4. The Kier molecular flexibility index (Phi) is 7.20. The summed E-state index contributed by atoms with van der Waals surface area (Å²) < 4.78 is 65.7. The zero-order chi connectivity index (χ0) is 25.9. The van der Waals surface area contributed by atoms with Crippen molar-refractivity contribution in [3.05, 3.63) is 90.0 Å². The minimum Gasteiger partial charge on any atom is -0.485 e. The van der Waals surface area contributed by atoms with Crippen LogP contribution in [0.15, 0.2) is 77.7 Å². The number of esters is 1. The number of nitrogens with one attached hydrogen (secondary N) is 1. The van der Waals surface area contributed by atoms with Crippen LogP contribution in [0, 0.1) is 11.6 Å². The number of nitrogens with zero attached hydrogens (tertiary/aromatic N) is 1. The van der Waals surface area contributed by atoms with E-state index in [0.29, 0.717) is 0 Å². The van der Waals surface area contributed by atoms with Crippen molar-refractivity contribution in [3.63, 3.8) is 0 Å². The van der Waals surface area contributed by atoms with Crippen LogP contribution in [-0.4, -0.2) is 51.0 Å². The van der Waals surface area contributed by atoms with Gasteiger partial charge in [-0.1, -0.05) is 24.3 Å². The molecule has 11 heteroatoms. The van der Waals surface area contributed by atoms with Gasteiger partial charge in [-0.05, 0) is 48.5 Å². The van der Waals surface area contributed by atoms with Crippen LogP contribution in [0.25, 0.3) is 0 Å². The Morgan fingerprint density at radius 2 is 1.58 bits per heavy atom. The standard InChI is InChI=1S/C25H22F2N2O6S/c1-34-25(31)21-14-18(35-22-8-4-2-6-19(22)26)15-29(21)24(30)16-10-12-17(13-11-16)28-36(32,33)23-9-5-3-7-20(23)27/h2-13,18,21,28H,14-15H2,1H3. The molecule has 1 N–H and O–H groups in total. The third kappa shape index (κ3) is 5.30. The summed E-state index contributed by atoms with van der Waals surface area (Å²) in [6.07, 6.45) is -0.547. The first kappa shape index (κ1) is 25.1. The third-order valence-electron chi connectivity index (χ3n) is 5.64. The number of benzene rings is 3. The lowest BCUT2D eigenvalue weighted by Gasteiger charge is -2.22. The van der Waals surface area contributed by atoms with Gasteiger partial charge in [-0.3, -0.25) is 9.52 Å². The van der Waals surface area contributed by atoms with E-state index in [1.165, 1.54) is 66.6 Å². The molecule has 2 unspecified atom stereocenters. The number of halogens is 2. The molecular formula is C25H22F2N2O6S. The SMILES string of the molecule is COC(=O)C1CC(Oc2ccccc2F)CN1C(=O)c1ccc(NS(=O)(=O)c2ccccc2F)cc1. The van der Waals surface area contributed by atoms with E-state index in [-0.39, 0.29) is 30.0 Å². The molecule has 1 amide bonds. The maximum Gasteiger partial charge on any atom is 0.328 e. The highest BCUT2D eigenvalue weighted by molar-refractivity contribution is 7.92. The number of likely N-dealkylation sites (tertiary alicyclic amines) is 1. The van der Waals surface area contributed by atoms with Gasteiger partial charge in [0.2, 0.25) is 0 Å². The summed E-state index contributed by atoms with van der Waals surface area (Å²) in [6.45, 7) is 0.00853. The van der Waals surface area contributed by atoms with Crippen molar-refractivity contribution in [2.24, 2.45) is 0 Å². The molecule has 1 heterocycles. The van der Waals surface area contributed by atoms with Crippen molar-refractivity contribution >= 4 is 27.6 Å². The van der Waals surface area contributed by atoms with Gasteiger partial charge in [0.25, 0.3) is 15.9 Å². The summed E-state index contributed by atoms with van der Waals surface area (Å²) in [5.74, 6) is -2.62. The number of carbonyl (C=O) groups excluding carboxylic acids is 2. The fourth-order valence-electron chi connectivity index (χ4n) is 3.91. The van der Waals surface area contributed by atoms with Crippen LogP contribution in [0.3, 0.4) is 0 Å². The smallest absolute Gasteiger partial charge is 0.328 e. The van der Waals surface area contributed by atoms with Gasteiger partial charge in [0, 0.05) is 17.7 Å². The van der Waals surface area contributed by atoms with E-state index >= 15 is 0 Å². The lowest BCUT2D eigenvalue weighted by Crippen LogP contribution is -2.41. The molecule has 0 bridgehead atoms. The fraction of sp³-hybridized carbons (Fsp3) is 0.200. The van der Waals surface area contributed by atoms with Crippen LogP contribution in [0.1, 0.15) is 16.8 Å². The van der Waals surface area contributed by atoms with E-state index in [4.69, 9.17) is 9.47 Å². The number of carbonyl (C=O) groups is 2. The maximum atomic E-state index is 14.0. The summed E-state index contributed by atoms with van der Waals surface area (Å²) in [6, 6.07) is 15.3. The van der Waals surface area contributed by atoms with Crippen LogP contribution >= 0.6 is 0 Å². The van der Waals surface area contributed by atoms with Crippen LogP contribution in [0.4, 0.5) is 14.5 Å². The fourth-order valence-corrected chi connectivity index (χ4v) is 5.04. The Bertz CT molecular complexity index is 1380. The van der Waals surface area contributed by atoms with E-state index in [1.54, 1.807) is 6.07 Å². The molecule has 3 aromatic rings. The predicted octanol–water partition coefficient (Wildman–Crippen LogP) is 3.60. The minimum absolute atomic E-state index is 0.00639. The van der Waals surface area contributed by atoms with Crippen molar-refractivity contribution in [1.82, 2.24) is 4.90 Å². The number of anilines is 1. The second-order valence-electron chi connectivity index (χ2n) is 8.02. The Morgan fingerprint density at radius 1 is 0.944 bits per heavy atom. The van der Waals surface area contributed by atoms with Gasteiger partial charge in [-0.15, -0.1) is 0 Å². The summed E-state index contributed by atoms with van der Waals surface area (Å²) in [5.41, 5.74) is 0.283. The second kappa shape index (κ2) is 10.3. The molecule has 0 radical (unpaired) electrons. The molecule has 0 aromatic heterocycles. The zero-order valence-corrected chi connectivity index (χ0v) is 19.9. The molecule has 36 heavy (non-hydrogen) atoms. The van der Waals surface area contributed by atoms with Gasteiger partial charge in [-0.25, -0.2) is 22.0 Å².